The Morgan fingerprint density at radius 2 is 1.95 bits per heavy atom. The fourth-order valence-corrected chi connectivity index (χ4v) is 3.98. The molecule has 0 aromatic carbocycles. The van der Waals surface area contributed by atoms with E-state index in [0.717, 1.165) is 12.8 Å². The van der Waals surface area contributed by atoms with Gasteiger partial charge in [0.15, 0.2) is 0 Å². The Balaban J connectivity index is 2.02. The molecule has 1 saturated carbocycles. The lowest BCUT2D eigenvalue weighted by molar-refractivity contribution is -0.418. The fourth-order valence-electron chi connectivity index (χ4n) is 3.98. The maximum Gasteiger partial charge on any atom is 0.302 e. The topological polar surface area (TPSA) is 54.0 Å². The second-order valence-corrected chi connectivity index (χ2v) is 6.12. The molecule has 0 bridgehead atoms. The van der Waals surface area contributed by atoms with Gasteiger partial charge in [-0.2, -0.15) is 0 Å². The zero-order valence-electron chi connectivity index (χ0n) is 13.4. The number of carbonyl (C=O) groups excluding carboxylic acids is 1. The van der Waals surface area contributed by atoms with Crippen LogP contribution >= 0.6 is 0 Å². The lowest BCUT2D eigenvalue weighted by atomic mass is 9.69. The third kappa shape index (κ3) is 3.76. The van der Waals surface area contributed by atoms with Crippen LogP contribution in [0.4, 0.5) is 0 Å². The van der Waals surface area contributed by atoms with Crippen LogP contribution in [0.25, 0.3) is 0 Å². The summed E-state index contributed by atoms with van der Waals surface area (Å²) in [7, 11) is 3.29. The van der Waals surface area contributed by atoms with Crippen LogP contribution < -0.4 is 0 Å². The molecule has 2 rings (SSSR count). The lowest BCUT2D eigenvalue weighted by Gasteiger charge is -2.50. The number of ether oxygens (including phenoxy) is 4. The van der Waals surface area contributed by atoms with Gasteiger partial charge in [-0.1, -0.05) is 12.8 Å². The molecule has 1 aliphatic heterocycles. The Bertz CT molecular complexity index is 340. The van der Waals surface area contributed by atoms with Crippen molar-refractivity contribution in [2.45, 2.75) is 51.4 Å². The van der Waals surface area contributed by atoms with Crippen molar-refractivity contribution < 1.29 is 23.7 Å². The molecule has 0 radical (unpaired) electrons. The monoisotopic (exact) mass is 300 g/mol. The van der Waals surface area contributed by atoms with E-state index in [4.69, 9.17) is 18.9 Å². The maximum atomic E-state index is 10.9. The minimum atomic E-state index is -0.936. The molecule has 21 heavy (non-hydrogen) atoms. The van der Waals surface area contributed by atoms with Gasteiger partial charge in [-0.05, 0) is 37.5 Å². The molecule has 1 saturated heterocycles. The molecule has 0 amide bonds. The van der Waals surface area contributed by atoms with Crippen LogP contribution in [0.1, 0.15) is 45.4 Å². The molecule has 122 valence electrons. The molecule has 5 heteroatoms. The van der Waals surface area contributed by atoms with E-state index >= 15 is 0 Å². The van der Waals surface area contributed by atoms with E-state index in [0.29, 0.717) is 25.0 Å². The average molecular weight is 300 g/mol. The number of hydrogen-bond acceptors (Lipinski definition) is 5. The van der Waals surface area contributed by atoms with Crippen molar-refractivity contribution in [3.8, 4) is 0 Å². The third-order valence-corrected chi connectivity index (χ3v) is 4.97. The van der Waals surface area contributed by atoms with E-state index < -0.39 is 5.97 Å². The summed E-state index contributed by atoms with van der Waals surface area (Å²) in [6.07, 6.45) is 6.69. The molecule has 3 atom stereocenters. The van der Waals surface area contributed by atoms with Gasteiger partial charge in [-0.15, -0.1) is 0 Å². The van der Waals surface area contributed by atoms with Gasteiger partial charge in [0.2, 0.25) is 0 Å². The van der Waals surface area contributed by atoms with Crippen LogP contribution in [0.15, 0.2) is 0 Å². The van der Waals surface area contributed by atoms with Crippen molar-refractivity contribution in [3.63, 3.8) is 0 Å². The number of esters is 1. The minimum Gasteiger partial charge on any atom is -0.466 e. The predicted octanol–water partition coefficient (Wildman–Crippen LogP) is 2.73. The average Bonchev–Trinajstić information content (AvgIpc) is 2.51. The van der Waals surface area contributed by atoms with Crippen molar-refractivity contribution in [1.82, 2.24) is 0 Å². The molecule has 0 aromatic rings. The molecule has 2 fully saturated rings. The van der Waals surface area contributed by atoms with Gasteiger partial charge in [0.05, 0.1) is 13.2 Å². The molecule has 1 aliphatic carbocycles. The quantitative estimate of drug-likeness (QED) is 0.429. The summed E-state index contributed by atoms with van der Waals surface area (Å²) in [6, 6.07) is 0. The molecular weight excluding hydrogens is 272 g/mol. The first kappa shape index (κ1) is 16.7. The molecule has 5 nitrogen and oxygen atoms in total. The highest BCUT2D eigenvalue weighted by Gasteiger charge is 2.51. The number of fused-ring (bicyclic) bond motifs is 1. The van der Waals surface area contributed by atoms with Gasteiger partial charge in [-0.3, -0.25) is 4.79 Å². The summed E-state index contributed by atoms with van der Waals surface area (Å²) < 4.78 is 22.2. The first-order valence-electron chi connectivity index (χ1n) is 8.00. The molecule has 1 heterocycles. The van der Waals surface area contributed by atoms with Crippen molar-refractivity contribution in [2.75, 3.05) is 27.4 Å². The van der Waals surface area contributed by atoms with Gasteiger partial charge in [0, 0.05) is 27.1 Å². The highest BCUT2D eigenvalue weighted by molar-refractivity contribution is 5.65. The summed E-state index contributed by atoms with van der Waals surface area (Å²) in [5, 5.41) is 0. The molecule has 0 spiro atoms. The van der Waals surface area contributed by atoms with Crippen molar-refractivity contribution in [3.05, 3.63) is 0 Å². The van der Waals surface area contributed by atoms with Crippen LogP contribution in [-0.2, 0) is 23.7 Å². The van der Waals surface area contributed by atoms with E-state index in [-0.39, 0.29) is 11.9 Å². The Labute approximate surface area is 127 Å². The van der Waals surface area contributed by atoms with E-state index in [1.54, 1.807) is 14.2 Å². The number of hydrogen-bond donors (Lipinski definition) is 0. The third-order valence-electron chi connectivity index (χ3n) is 4.97. The van der Waals surface area contributed by atoms with E-state index in [1.807, 2.05) is 0 Å². The number of rotatable bonds is 6. The summed E-state index contributed by atoms with van der Waals surface area (Å²) in [5.41, 5.74) is 0. The van der Waals surface area contributed by atoms with Crippen LogP contribution in [0.2, 0.25) is 0 Å². The minimum absolute atomic E-state index is 0.196. The molecule has 0 aromatic heterocycles. The van der Waals surface area contributed by atoms with Crippen LogP contribution in [-0.4, -0.2) is 39.4 Å². The first-order chi connectivity index (χ1) is 10.1. The van der Waals surface area contributed by atoms with Crippen LogP contribution in [0.3, 0.4) is 0 Å². The van der Waals surface area contributed by atoms with Gasteiger partial charge in [0.25, 0.3) is 5.97 Å². The Morgan fingerprint density at radius 1 is 1.24 bits per heavy atom. The highest BCUT2D eigenvalue weighted by atomic mass is 16.9. The first-order valence-corrected chi connectivity index (χ1v) is 8.00. The van der Waals surface area contributed by atoms with Crippen molar-refractivity contribution in [2.24, 2.45) is 17.8 Å². The largest absolute Gasteiger partial charge is 0.466 e. The highest BCUT2D eigenvalue weighted by Crippen LogP contribution is 2.47. The van der Waals surface area contributed by atoms with Gasteiger partial charge in [0.1, 0.15) is 0 Å². The van der Waals surface area contributed by atoms with Gasteiger partial charge >= 0.3 is 5.97 Å². The summed E-state index contributed by atoms with van der Waals surface area (Å²) >= 11 is 0. The van der Waals surface area contributed by atoms with Crippen LogP contribution in [0.5, 0.6) is 0 Å². The Kier molecular flexibility index (Phi) is 6.02. The van der Waals surface area contributed by atoms with Crippen molar-refractivity contribution >= 4 is 5.97 Å². The number of methoxy groups -OCH3 is 2. The van der Waals surface area contributed by atoms with Gasteiger partial charge < -0.3 is 18.9 Å². The van der Waals surface area contributed by atoms with Gasteiger partial charge in [-0.25, -0.2) is 0 Å². The summed E-state index contributed by atoms with van der Waals surface area (Å²) in [4.78, 5) is 10.9. The van der Waals surface area contributed by atoms with E-state index in [9.17, 15) is 4.79 Å². The molecule has 0 unspecified atom stereocenters. The Morgan fingerprint density at radius 3 is 2.62 bits per heavy atom. The zero-order chi connectivity index (χ0) is 15.3. The van der Waals surface area contributed by atoms with Crippen molar-refractivity contribution in [1.29, 1.82) is 0 Å². The second-order valence-electron chi connectivity index (χ2n) is 6.12. The predicted molar refractivity (Wildman–Crippen MR) is 77.5 cm³/mol. The maximum absolute atomic E-state index is 10.9. The summed E-state index contributed by atoms with van der Waals surface area (Å²) in [5.74, 6) is 0.215. The van der Waals surface area contributed by atoms with E-state index in [1.165, 1.54) is 32.6 Å². The second kappa shape index (κ2) is 7.56. The molecule has 0 N–H and O–H groups in total. The Hall–Kier alpha value is -0.650. The normalized spacial score (nSPS) is 31.5. The molecular formula is C16H28O5. The SMILES string of the molecule is COC1(OC)OC[C@@H]2CCCC[C@H]2[C@@H]1CCCOC(C)=O. The fraction of sp³-hybridized carbons (Fsp3) is 0.938. The van der Waals surface area contributed by atoms with E-state index in [2.05, 4.69) is 0 Å². The summed E-state index contributed by atoms with van der Waals surface area (Å²) in [6.45, 7) is 2.61. The lowest BCUT2D eigenvalue weighted by Crippen LogP contribution is -2.55. The number of carbonyl (C=O) groups is 1. The smallest absolute Gasteiger partial charge is 0.302 e. The standard InChI is InChI=1S/C16H28O5/c1-12(17)20-10-6-9-15-14-8-5-4-7-13(14)11-21-16(15,18-2)19-3/h13-15H,4-11H2,1-3H3/t13-,14+,15-/m0/s1. The zero-order valence-corrected chi connectivity index (χ0v) is 13.4. The molecule has 2 aliphatic rings. The van der Waals surface area contributed by atoms with Crippen LogP contribution in [0, 0.1) is 17.8 Å².